The molecule has 1 atom stereocenters. The molecular weight excluding hydrogens is 356 g/mol. The van der Waals surface area contributed by atoms with Gasteiger partial charge in [0.15, 0.2) is 0 Å². The number of aliphatic hydroxyl groups is 1. The van der Waals surface area contributed by atoms with Gasteiger partial charge in [-0.1, -0.05) is 6.07 Å². The Hall–Kier alpha value is -2.08. The van der Waals surface area contributed by atoms with Crippen molar-refractivity contribution in [2.45, 2.75) is 58.0 Å². The first-order valence-electron chi connectivity index (χ1n) is 10.3. The Labute approximate surface area is 167 Å². The van der Waals surface area contributed by atoms with Crippen molar-refractivity contribution in [3.63, 3.8) is 0 Å². The van der Waals surface area contributed by atoms with Crippen LogP contribution in [-0.4, -0.2) is 65.1 Å². The predicted octanol–water partition coefficient (Wildman–Crippen LogP) is 2.44. The number of ether oxygens (including phenoxy) is 1. The summed E-state index contributed by atoms with van der Waals surface area (Å²) in [6, 6.07) is 5.94. The highest BCUT2D eigenvalue weighted by atomic mass is 16.5. The maximum absolute atomic E-state index is 12.5. The number of carbonyl (C=O) groups excluding carboxylic acids is 2. The summed E-state index contributed by atoms with van der Waals surface area (Å²) in [4.78, 5) is 27.8. The number of benzene rings is 1. The summed E-state index contributed by atoms with van der Waals surface area (Å²) in [6.07, 6.45) is 3.73. The van der Waals surface area contributed by atoms with Crippen LogP contribution in [0.1, 0.15) is 49.7 Å². The van der Waals surface area contributed by atoms with Crippen LogP contribution in [0.4, 0.5) is 0 Å². The van der Waals surface area contributed by atoms with Gasteiger partial charge >= 0.3 is 0 Å². The van der Waals surface area contributed by atoms with Gasteiger partial charge in [-0.15, -0.1) is 0 Å². The van der Waals surface area contributed by atoms with Crippen LogP contribution in [0, 0.1) is 13.8 Å². The van der Waals surface area contributed by atoms with Crippen molar-refractivity contribution in [1.82, 2.24) is 9.80 Å². The normalized spacial score (nSPS) is 23.0. The van der Waals surface area contributed by atoms with E-state index in [2.05, 4.69) is 6.92 Å². The highest BCUT2D eigenvalue weighted by Crippen LogP contribution is 2.25. The fourth-order valence-corrected chi connectivity index (χ4v) is 3.92. The van der Waals surface area contributed by atoms with Gasteiger partial charge in [0.1, 0.15) is 18.0 Å². The Morgan fingerprint density at radius 1 is 1.14 bits per heavy atom. The lowest BCUT2D eigenvalue weighted by Crippen LogP contribution is -2.39. The van der Waals surface area contributed by atoms with Crippen molar-refractivity contribution >= 4 is 11.8 Å². The summed E-state index contributed by atoms with van der Waals surface area (Å²) >= 11 is 0. The monoisotopic (exact) mass is 388 g/mol. The van der Waals surface area contributed by atoms with E-state index in [-0.39, 0.29) is 18.4 Å². The first-order chi connectivity index (χ1) is 13.4. The molecule has 0 saturated carbocycles. The quantitative estimate of drug-likeness (QED) is 0.813. The first kappa shape index (κ1) is 20.6. The van der Waals surface area contributed by atoms with Crippen molar-refractivity contribution in [2.24, 2.45) is 0 Å². The van der Waals surface area contributed by atoms with Gasteiger partial charge in [0.05, 0.1) is 0 Å². The van der Waals surface area contributed by atoms with Gasteiger partial charge in [-0.2, -0.15) is 0 Å². The molecule has 0 bridgehead atoms. The Bertz CT molecular complexity index is 720. The third-order valence-corrected chi connectivity index (χ3v) is 6.02. The summed E-state index contributed by atoms with van der Waals surface area (Å²) in [5.41, 5.74) is 1.46. The third kappa shape index (κ3) is 5.25. The molecule has 0 spiro atoms. The van der Waals surface area contributed by atoms with E-state index in [1.165, 1.54) is 11.1 Å². The number of nitrogens with zero attached hydrogens (tertiary/aromatic N) is 2. The van der Waals surface area contributed by atoms with E-state index in [1.807, 2.05) is 30.0 Å². The largest absolute Gasteiger partial charge is 0.491 e. The molecule has 1 N–H and O–H groups in total. The Kier molecular flexibility index (Phi) is 6.60. The van der Waals surface area contributed by atoms with Crippen LogP contribution in [0.25, 0.3) is 0 Å². The summed E-state index contributed by atoms with van der Waals surface area (Å²) in [6.45, 7) is 6.79. The molecule has 2 saturated heterocycles. The molecule has 0 radical (unpaired) electrons. The molecule has 0 aromatic heterocycles. The number of carbonyl (C=O) groups is 2. The van der Waals surface area contributed by atoms with Crippen molar-refractivity contribution in [3.05, 3.63) is 29.3 Å². The maximum Gasteiger partial charge on any atom is 0.224 e. The summed E-state index contributed by atoms with van der Waals surface area (Å²) in [5, 5.41) is 11.0. The fourth-order valence-electron chi connectivity index (χ4n) is 3.92. The van der Waals surface area contributed by atoms with Gasteiger partial charge in [-0.25, -0.2) is 0 Å². The van der Waals surface area contributed by atoms with Gasteiger partial charge < -0.3 is 19.6 Å². The van der Waals surface area contributed by atoms with Crippen LogP contribution in [-0.2, 0) is 9.59 Å². The average molecular weight is 389 g/mol. The molecule has 1 aromatic rings. The molecule has 1 unspecified atom stereocenters. The lowest BCUT2D eigenvalue weighted by molar-refractivity contribution is -0.133. The Morgan fingerprint density at radius 3 is 2.68 bits per heavy atom. The number of hydrogen-bond acceptors (Lipinski definition) is 4. The van der Waals surface area contributed by atoms with Gasteiger partial charge in [-0.05, 0) is 62.8 Å². The summed E-state index contributed by atoms with van der Waals surface area (Å²) in [5.74, 6) is 0.990. The Balaban J connectivity index is 1.48. The molecular formula is C22H32N2O4. The molecule has 2 heterocycles. The van der Waals surface area contributed by atoms with Crippen LogP contribution in [0.5, 0.6) is 5.75 Å². The standard InChI is InChI=1S/C22H32N2O4/c1-17-6-7-19(15-18(17)2)28-16-22(27)9-4-12-24(14-10-22)21(26)8-13-23-11-3-5-20(23)25/h6-7,15,27H,3-5,8-14,16H2,1-2H3. The van der Waals surface area contributed by atoms with Crippen LogP contribution in [0.2, 0.25) is 0 Å². The maximum atomic E-state index is 12.5. The van der Waals surface area contributed by atoms with Gasteiger partial charge in [0, 0.05) is 39.0 Å². The van der Waals surface area contributed by atoms with E-state index in [0.29, 0.717) is 45.3 Å². The van der Waals surface area contributed by atoms with Crippen molar-refractivity contribution in [1.29, 1.82) is 0 Å². The van der Waals surface area contributed by atoms with Gasteiger partial charge in [0.2, 0.25) is 11.8 Å². The zero-order valence-corrected chi connectivity index (χ0v) is 17.1. The molecule has 0 aliphatic carbocycles. The molecule has 2 aliphatic heterocycles. The van der Waals surface area contributed by atoms with Crippen LogP contribution in [0.3, 0.4) is 0 Å². The van der Waals surface area contributed by atoms with E-state index in [4.69, 9.17) is 4.74 Å². The van der Waals surface area contributed by atoms with Crippen molar-refractivity contribution < 1.29 is 19.4 Å². The summed E-state index contributed by atoms with van der Waals surface area (Å²) in [7, 11) is 0. The SMILES string of the molecule is Cc1ccc(OCC2(O)CCCN(C(=O)CCN3CCCC3=O)CC2)cc1C. The highest BCUT2D eigenvalue weighted by Gasteiger charge is 2.32. The third-order valence-electron chi connectivity index (χ3n) is 6.02. The van der Waals surface area contributed by atoms with Crippen LogP contribution in [0.15, 0.2) is 18.2 Å². The number of amides is 2. The molecule has 2 aliphatic rings. The van der Waals surface area contributed by atoms with Crippen LogP contribution < -0.4 is 4.74 Å². The van der Waals surface area contributed by atoms with E-state index in [0.717, 1.165) is 25.1 Å². The second kappa shape index (κ2) is 8.95. The van der Waals surface area contributed by atoms with E-state index >= 15 is 0 Å². The zero-order chi connectivity index (χ0) is 20.1. The topological polar surface area (TPSA) is 70.1 Å². The first-order valence-corrected chi connectivity index (χ1v) is 10.3. The van der Waals surface area contributed by atoms with Crippen molar-refractivity contribution in [2.75, 3.05) is 32.8 Å². The minimum absolute atomic E-state index is 0.0685. The van der Waals surface area contributed by atoms with Crippen molar-refractivity contribution in [3.8, 4) is 5.75 Å². The number of likely N-dealkylation sites (tertiary alicyclic amines) is 2. The van der Waals surface area contributed by atoms with Crippen LogP contribution >= 0.6 is 0 Å². The lowest BCUT2D eigenvalue weighted by atomic mass is 9.96. The molecule has 28 heavy (non-hydrogen) atoms. The van der Waals surface area contributed by atoms with Gasteiger partial charge in [-0.3, -0.25) is 9.59 Å². The molecule has 2 amide bonds. The molecule has 6 nitrogen and oxygen atoms in total. The molecule has 2 fully saturated rings. The minimum Gasteiger partial charge on any atom is -0.491 e. The van der Waals surface area contributed by atoms with E-state index in [1.54, 1.807) is 4.90 Å². The Morgan fingerprint density at radius 2 is 1.96 bits per heavy atom. The second-order valence-corrected chi connectivity index (χ2v) is 8.23. The smallest absolute Gasteiger partial charge is 0.224 e. The van der Waals surface area contributed by atoms with E-state index < -0.39 is 5.60 Å². The fraction of sp³-hybridized carbons (Fsp3) is 0.636. The lowest BCUT2D eigenvalue weighted by Gasteiger charge is -2.27. The molecule has 1 aromatic carbocycles. The second-order valence-electron chi connectivity index (χ2n) is 8.23. The number of aryl methyl sites for hydroxylation is 2. The van der Waals surface area contributed by atoms with E-state index in [9.17, 15) is 14.7 Å². The molecule has 3 rings (SSSR count). The average Bonchev–Trinajstić information content (AvgIpc) is 2.97. The van der Waals surface area contributed by atoms with Gasteiger partial charge in [0.25, 0.3) is 0 Å². The number of hydrogen-bond donors (Lipinski definition) is 1. The minimum atomic E-state index is -0.918. The predicted molar refractivity (Wildman–Crippen MR) is 107 cm³/mol. The highest BCUT2D eigenvalue weighted by molar-refractivity contribution is 5.80. The zero-order valence-electron chi connectivity index (χ0n) is 17.1. The number of rotatable bonds is 6. The summed E-state index contributed by atoms with van der Waals surface area (Å²) < 4.78 is 5.86. The molecule has 154 valence electrons. The molecule has 6 heteroatoms.